The number of rotatable bonds is 2. The molecule has 0 fully saturated rings. The minimum Gasteiger partial charge on any atom is -0.296 e. The smallest absolute Gasteiger partial charge is 0.0591 e. The molecule has 1 aromatic rings. The van der Waals surface area contributed by atoms with Crippen molar-refractivity contribution in [2.45, 2.75) is 5.75 Å². The highest BCUT2D eigenvalue weighted by molar-refractivity contribution is 8.18. The molecule has 2 N–H and O–H groups in total. The average molecular weight is 204 g/mol. The lowest BCUT2D eigenvalue weighted by Gasteiger charge is -2.08. The zero-order valence-corrected chi connectivity index (χ0v) is 8.58. The van der Waals surface area contributed by atoms with E-state index in [1.54, 1.807) is 6.21 Å². The summed E-state index contributed by atoms with van der Waals surface area (Å²) in [5.41, 5.74) is 7.17. The number of nitrogens with zero attached hydrogens (tertiary/aromatic N) is 1. The van der Waals surface area contributed by atoms with Crippen LogP contribution in [0.2, 0.25) is 0 Å². The molecule has 1 atom stereocenters. The molecule has 1 unspecified atom stereocenters. The van der Waals surface area contributed by atoms with Crippen molar-refractivity contribution < 1.29 is 0 Å². The maximum absolute atomic E-state index is 5.86. The number of nitrogens with two attached hydrogens (primary N) is 1. The van der Waals surface area contributed by atoms with Gasteiger partial charge in [-0.25, -0.2) is 0 Å². The maximum atomic E-state index is 5.86. The fourth-order valence-corrected chi connectivity index (χ4v) is 2.64. The molecular weight excluding hydrogens is 192 g/mol. The van der Waals surface area contributed by atoms with Gasteiger partial charge in [0.1, 0.15) is 0 Å². The van der Waals surface area contributed by atoms with Crippen molar-refractivity contribution in [3.05, 3.63) is 47.5 Å². The van der Waals surface area contributed by atoms with E-state index in [1.807, 2.05) is 12.3 Å². The zero-order valence-electron chi connectivity index (χ0n) is 7.76. The van der Waals surface area contributed by atoms with E-state index < -0.39 is 0 Å². The van der Waals surface area contributed by atoms with E-state index in [-0.39, 0.29) is 10.5 Å². The van der Waals surface area contributed by atoms with E-state index in [1.165, 1.54) is 5.56 Å². The van der Waals surface area contributed by atoms with E-state index in [4.69, 9.17) is 5.73 Å². The van der Waals surface area contributed by atoms with E-state index in [0.29, 0.717) is 0 Å². The van der Waals surface area contributed by atoms with Crippen LogP contribution in [0.1, 0.15) is 5.56 Å². The lowest BCUT2D eigenvalue weighted by Crippen LogP contribution is -2.14. The molecule has 0 aromatic heterocycles. The van der Waals surface area contributed by atoms with Crippen LogP contribution in [0.25, 0.3) is 0 Å². The van der Waals surface area contributed by atoms with Crippen molar-refractivity contribution >= 4 is 21.7 Å². The van der Waals surface area contributed by atoms with Crippen molar-refractivity contribution in [2.24, 2.45) is 10.7 Å². The summed E-state index contributed by atoms with van der Waals surface area (Å²) >= 11 is 0. The van der Waals surface area contributed by atoms with Gasteiger partial charge in [-0.3, -0.25) is 10.7 Å². The Morgan fingerprint density at radius 2 is 2.00 bits per heavy atom. The van der Waals surface area contributed by atoms with Gasteiger partial charge in [-0.1, -0.05) is 30.3 Å². The maximum Gasteiger partial charge on any atom is 0.0591 e. The molecule has 0 saturated heterocycles. The fraction of sp³-hybridized carbons (Fsp3) is 0.0909. The van der Waals surface area contributed by atoms with Gasteiger partial charge in [-0.05, 0) is 11.0 Å². The van der Waals surface area contributed by atoms with Crippen LogP contribution < -0.4 is 5.73 Å². The minimum absolute atomic E-state index is 0.0242. The Morgan fingerprint density at radius 1 is 1.21 bits per heavy atom. The van der Waals surface area contributed by atoms with Crippen molar-refractivity contribution in [3.63, 3.8) is 0 Å². The Morgan fingerprint density at radius 3 is 2.71 bits per heavy atom. The number of hydrogen-bond acceptors (Lipinski definition) is 2. The molecule has 2 rings (SSSR count). The Balaban J connectivity index is 2.20. The van der Waals surface area contributed by atoms with E-state index in [0.717, 1.165) is 10.7 Å². The SMILES string of the molecule is NC1=S(Cc2ccccc2)C=CN=C1. The van der Waals surface area contributed by atoms with Gasteiger partial charge in [0.15, 0.2) is 0 Å². The molecule has 1 aliphatic heterocycles. The van der Waals surface area contributed by atoms with Crippen LogP contribution in [0.15, 0.2) is 46.9 Å². The molecular formula is C11H12N2S. The summed E-state index contributed by atoms with van der Waals surface area (Å²) in [5, 5.41) is 2.07. The first-order valence-corrected chi connectivity index (χ1v) is 5.88. The second kappa shape index (κ2) is 4.35. The monoisotopic (exact) mass is 204 g/mol. The largest absolute Gasteiger partial charge is 0.296 e. The number of hydrogen-bond donors (Lipinski definition) is 1. The summed E-state index contributed by atoms with van der Waals surface area (Å²) in [7, 11) is 0.0242. The third kappa shape index (κ3) is 2.19. The molecule has 72 valence electrons. The van der Waals surface area contributed by atoms with Crippen molar-refractivity contribution in [1.29, 1.82) is 0 Å². The molecule has 2 nitrogen and oxygen atoms in total. The van der Waals surface area contributed by atoms with Crippen LogP contribution in [0.5, 0.6) is 0 Å². The van der Waals surface area contributed by atoms with Gasteiger partial charge in [0.25, 0.3) is 0 Å². The topological polar surface area (TPSA) is 38.4 Å². The van der Waals surface area contributed by atoms with Gasteiger partial charge >= 0.3 is 0 Å². The third-order valence-electron chi connectivity index (χ3n) is 1.98. The first-order valence-electron chi connectivity index (χ1n) is 4.42. The van der Waals surface area contributed by atoms with Gasteiger partial charge in [0.05, 0.1) is 11.2 Å². The summed E-state index contributed by atoms with van der Waals surface area (Å²) in [4.78, 5) is 4.86. The molecule has 0 spiro atoms. The first kappa shape index (κ1) is 9.37. The minimum atomic E-state index is 0.0242. The number of aliphatic imine (C=N–C) groups is 1. The van der Waals surface area contributed by atoms with E-state index in [2.05, 4.69) is 34.7 Å². The van der Waals surface area contributed by atoms with Crippen LogP contribution >= 0.6 is 10.5 Å². The first-order chi connectivity index (χ1) is 6.86. The van der Waals surface area contributed by atoms with Gasteiger partial charge in [-0.15, -0.1) is 10.5 Å². The quantitative estimate of drug-likeness (QED) is 0.736. The van der Waals surface area contributed by atoms with Crippen LogP contribution in [-0.4, -0.2) is 11.2 Å². The van der Waals surface area contributed by atoms with Gasteiger partial charge in [0, 0.05) is 12.0 Å². The van der Waals surface area contributed by atoms with Crippen LogP contribution in [0, 0.1) is 0 Å². The summed E-state index contributed by atoms with van der Waals surface area (Å²) < 4.78 is 0. The molecule has 1 heterocycles. The predicted molar refractivity (Wildman–Crippen MR) is 64.6 cm³/mol. The zero-order chi connectivity index (χ0) is 9.80. The summed E-state index contributed by atoms with van der Waals surface area (Å²) in [5.74, 6) is 0.981. The molecule has 1 aliphatic rings. The van der Waals surface area contributed by atoms with Gasteiger partial charge < -0.3 is 0 Å². The average Bonchev–Trinajstić information content (AvgIpc) is 2.23. The fourth-order valence-electron chi connectivity index (χ4n) is 1.26. The normalized spacial score (nSPS) is 20.1. The van der Waals surface area contributed by atoms with E-state index in [9.17, 15) is 0 Å². The van der Waals surface area contributed by atoms with Gasteiger partial charge in [0.2, 0.25) is 0 Å². The molecule has 0 aliphatic carbocycles. The summed E-state index contributed by atoms with van der Waals surface area (Å²) in [6.07, 6.45) is 3.56. The van der Waals surface area contributed by atoms with Gasteiger partial charge in [-0.2, -0.15) is 0 Å². The van der Waals surface area contributed by atoms with Crippen molar-refractivity contribution in [3.8, 4) is 0 Å². The summed E-state index contributed by atoms with van der Waals surface area (Å²) in [6, 6.07) is 10.4. The third-order valence-corrected chi connectivity index (χ3v) is 3.79. The van der Waals surface area contributed by atoms with Crippen LogP contribution in [0.4, 0.5) is 0 Å². The van der Waals surface area contributed by atoms with Crippen LogP contribution in [0.3, 0.4) is 0 Å². The number of benzene rings is 1. The Bertz CT molecular complexity index is 405. The Labute approximate surface area is 86.1 Å². The predicted octanol–water partition coefficient (Wildman–Crippen LogP) is 2.10. The highest BCUT2D eigenvalue weighted by Gasteiger charge is 2.00. The lowest BCUT2D eigenvalue weighted by atomic mass is 10.2. The molecule has 14 heavy (non-hydrogen) atoms. The highest BCUT2D eigenvalue weighted by Crippen LogP contribution is 2.23. The Kier molecular flexibility index (Phi) is 2.91. The van der Waals surface area contributed by atoms with E-state index >= 15 is 0 Å². The second-order valence-electron chi connectivity index (χ2n) is 3.02. The molecule has 0 amide bonds. The highest BCUT2D eigenvalue weighted by atomic mass is 32.2. The van der Waals surface area contributed by atoms with Crippen LogP contribution in [-0.2, 0) is 5.75 Å². The van der Waals surface area contributed by atoms with Crippen molar-refractivity contribution in [1.82, 2.24) is 0 Å². The molecule has 0 saturated carbocycles. The molecule has 1 aromatic carbocycles. The Hall–Kier alpha value is -1.19. The molecule has 0 bridgehead atoms. The molecule has 0 radical (unpaired) electrons. The standard InChI is InChI=1S/C11H12N2S/c12-11-8-13-6-7-14(11)9-10-4-2-1-3-5-10/h1-8H,9,12H2. The lowest BCUT2D eigenvalue weighted by molar-refractivity contribution is 1.42. The molecule has 3 heteroatoms. The summed E-state index contributed by atoms with van der Waals surface area (Å²) in [6.45, 7) is 0. The second-order valence-corrected chi connectivity index (χ2v) is 4.91. The van der Waals surface area contributed by atoms with Crippen molar-refractivity contribution in [2.75, 3.05) is 0 Å².